The third kappa shape index (κ3) is 2.03. The summed E-state index contributed by atoms with van der Waals surface area (Å²) in [5, 5.41) is 0. The van der Waals surface area contributed by atoms with E-state index in [2.05, 4.69) is 0 Å². The zero-order chi connectivity index (χ0) is 9.97. The molecule has 0 spiro atoms. The van der Waals surface area contributed by atoms with Gasteiger partial charge in [-0.2, -0.15) is 0 Å². The van der Waals surface area contributed by atoms with Gasteiger partial charge in [0.2, 0.25) is 0 Å². The summed E-state index contributed by atoms with van der Waals surface area (Å²) >= 11 is 0. The quantitative estimate of drug-likeness (QED) is 0.409. The van der Waals surface area contributed by atoms with E-state index in [1.165, 1.54) is 0 Å². The summed E-state index contributed by atoms with van der Waals surface area (Å²) in [6, 6.07) is 6.89. The minimum atomic E-state index is -0.374. The zero-order valence-corrected chi connectivity index (χ0v) is 7.73. The van der Waals surface area contributed by atoms with Crippen LogP contribution < -0.4 is 9.47 Å². The van der Waals surface area contributed by atoms with E-state index < -0.39 is 0 Å². The van der Waals surface area contributed by atoms with E-state index in [1.54, 1.807) is 31.4 Å². The molecule has 1 aliphatic heterocycles. The van der Waals surface area contributed by atoms with Crippen LogP contribution in [0.5, 0.6) is 11.5 Å². The second-order valence-electron chi connectivity index (χ2n) is 2.92. The fraction of sp³-hybridized carbons (Fsp3) is 0.300. The predicted octanol–water partition coefficient (Wildman–Crippen LogP) is 0.999. The van der Waals surface area contributed by atoms with Crippen molar-refractivity contribution in [3.8, 4) is 11.5 Å². The highest BCUT2D eigenvalue weighted by Gasteiger charge is 2.33. The molecule has 4 heteroatoms. The minimum absolute atomic E-state index is 0.349. The lowest BCUT2D eigenvalue weighted by Crippen LogP contribution is -2.14. The molecule has 0 aliphatic carbocycles. The third-order valence-corrected chi connectivity index (χ3v) is 1.86. The van der Waals surface area contributed by atoms with E-state index in [0.29, 0.717) is 18.1 Å². The molecule has 2 rings (SSSR count). The van der Waals surface area contributed by atoms with E-state index in [9.17, 15) is 4.79 Å². The second-order valence-corrected chi connectivity index (χ2v) is 2.92. The molecule has 0 radical (unpaired) electrons. The maximum atomic E-state index is 11.2. The van der Waals surface area contributed by atoms with Gasteiger partial charge in [-0.3, -0.25) is 0 Å². The van der Waals surface area contributed by atoms with E-state index in [-0.39, 0.29) is 12.1 Å². The monoisotopic (exact) mass is 194 g/mol. The highest BCUT2D eigenvalue weighted by Crippen LogP contribution is 2.21. The van der Waals surface area contributed by atoms with E-state index in [4.69, 9.17) is 14.2 Å². The summed E-state index contributed by atoms with van der Waals surface area (Å²) in [6.07, 6.45) is -0.374. The van der Waals surface area contributed by atoms with Gasteiger partial charge in [-0.15, -0.1) is 0 Å². The molecule has 1 aromatic rings. The lowest BCUT2D eigenvalue weighted by atomic mass is 10.3. The van der Waals surface area contributed by atoms with Crippen LogP contribution in [0.1, 0.15) is 0 Å². The molecular formula is C10H10O4. The molecule has 0 aromatic heterocycles. The summed E-state index contributed by atoms with van der Waals surface area (Å²) in [5.74, 6) is 0.787. The normalized spacial score (nSPS) is 18.8. The number of hydrogen-bond acceptors (Lipinski definition) is 4. The Morgan fingerprint density at radius 3 is 2.86 bits per heavy atom. The first-order chi connectivity index (χ1) is 6.79. The fourth-order valence-corrected chi connectivity index (χ4v) is 1.03. The number of methoxy groups -OCH3 is 1. The Kier molecular flexibility index (Phi) is 2.37. The molecule has 74 valence electrons. The van der Waals surface area contributed by atoms with E-state index in [0.717, 1.165) is 0 Å². The number of hydrogen-bond donors (Lipinski definition) is 0. The first-order valence-corrected chi connectivity index (χ1v) is 4.27. The smallest absolute Gasteiger partial charge is 0.343 e. The van der Waals surface area contributed by atoms with Crippen molar-refractivity contribution in [2.45, 2.75) is 6.10 Å². The first kappa shape index (κ1) is 9.02. The van der Waals surface area contributed by atoms with Crippen LogP contribution >= 0.6 is 0 Å². The SMILES string of the molecule is COc1cccc(OC(=O)C2CO2)c1. The van der Waals surface area contributed by atoms with Crippen LogP contribution in [0.3, 0.4) is 0 Å². The van der Waals surface area contributed by atoms with Crippen LogP contribution in [0.4, 0.5) is 0 Å². The third-order valence-electron chi connectivity index (χ3n) is 1.86. The summed E-state index contributed by atoms with van der Waals surface area (Å²) in [4.78, 5) is 11.2. The van der Waals surface area contributed by atoms with Gasteiger partial charge in [-0.25, -0.2) is 4.79 Å². The van der Waals surface area contributed by atoms with Crippen molar-refractivity contribution >= 4 is 5.97 Å². The van der Waals surface area contributed by atoms with Crippen molar-refractivity contribution in [2.75, 3.05) is 13.7 Å². The van der Waals surface area contributed by atoms with Crippen LogP contribution in [0.25, 0.3) is 0 Å². The molecule has 1 aliphatic rings. The highest BCUT2D eigenvalue weighted by molar-refractivity contribution is 5.79. The Morgan fingerprint density at radius 1 is 1.50 bits per heavy atom. The first-order valence-electron chi connectivity index (χ1n) is 4.27. The van der Waals surface area contributed by atoms with Crippen molar-refractivity contribution in [1.82, 2.24) is 0 Å². The van der Waals surface area contributed by atoms with Crippen molar-refractivity contribution in [1.29, 1.82) is 0 Å². The molecule has 0 N–H and O–H groups in total. The van der Waals surface area contributed by atoms with Crippen molar-refractivity contribution in [3.63, 3.8) is 0 Å². The maximum Gasteiger partial charge on any atom is 0.343 e. The molecule has 1 atom stereocenters. The standard InChI is InChI=1S/C10H10O4/c1-12-7-3-2-4-8(5-7)14-10(11)9-6-13-9/h2-5,9H,6H2,1H3. The molecule has 1 aromatic carbocycles. The van der Waals surface area contributed by atoms with E-state index >= 15 is 0 Å². The van der Waals surface area contributed by atoms with Crippen molar-refractivity contribution in [2.24, 2.45) is 0 Å². The van der Waals surface area contributed by atoms with Gasteiger partial charge in [0.25, 0.3) is 0 Å². The Morgan fingerprint density at radius 2 is 2.21 bits per heavy atom. The molecule has 1 unspecified atom stereocenters. The largest absolute Gasteiger partial charge is 0.497 e. The molecule has 1 saturated heterocycles. The van der Waals surface area contributed by atoms with Gasteiger partial charge in [0.05, 0.1) is 13.7 Å². The summed E-state index contributed by atoms with van der Waals surface area (Å²) in [6.45, 7) is 0.461. The number of ether oxygens (including phenoxy) is 3. The average molecular weight is 194 g/mol. The second kappa shape index (κ2) is 3.67. The summed E-state index contributed by atoms with van der Waals surface area (Å²) in [5.41, 5.74) is 0. The zero-order valence-electron chi connectivity index (χ0n) is 7.73. The lowest BCUT2D eigenvalue weighted by molar-refractivity contribution is -0.135. The Balaban J connectivity index is 2.04. The van der Waals surface area contributed by atoms with Gasteiger partial charge in [0, 0.05) is 6.07 Å². The molecular weight excluding hydrogens is 184 g/mol. The van der Waals surface area contributed by atoms with Gasteiger partial charge in [-0.05, 0) is 12.1 Å². The summed E-state index contributed by atoms with van der Waals surface area (Å²) in [7, 11) is 1.56. The maximum absolute atomic E-state index is 11.2. The number of carbonyl (C=O) groups is 1. The number of rotatable bonds is 3. The van der Waals surface area contributed by atoms with E-state index in [1.807, 2.05) is 0 Å². The van der Waals surface area contributed by atoms with Crippen LogP contribution in [0.15, 0.2) is 24.3 Å². The van der Waals surface area contributed by atoms with Crippen LogP contribution in [-0.2, 0) is 9.53 Å². The molecule has 14 heavy (non-hydrogen) atoms. The molecule has 0 saturated carbocycles. The van der Waals surface area contributed by atoms with Gasteiger partial charge in [0.1, 0.15) is 11.5 Å². The van der Waals surface area contributed by atoms with Gasteiger partial charge in [0.15, 0.2) is 6.10 Å². The minimum Gasteiger partial charge on any atom is -0.497 e. The van der Waals surface area contributed by atoms with Gasteiger partial charge >= 0.3 is 5.97 Å². The Hall–Kier alpha value is -1.55. The Labute approximate surface area is 81.4 Å². The van der Waals surface area contributed by atoms with Gasteiger partial charge < -0.3 is 14.2 Å². The summed E-state index contributed by atoms with van der Waals surface area (Å²) < 4.78 is 14.8. The predicted molar refractivity (Wildman–Crippen MR) is 48.4 cm³/mol. The lowest BCUT2D eigenvalue weighted by Gasteiger charge is -2.03. The topological polar surface area (TPSA) is 48.1 Å². The van der Waals surface area contributed by atoms with Gasteiger partial charge in [-0.1, -0.05) is 6.07 Å². The number of benzene rings is 1. The molecule has 1 fully saturated rings. The van der Waals surface area contributed by atoms with Crippen LogP contribution in [0.2, 0.25) is 0 Å². The molecule has 0 amide bonds. The molecule has 4 nitrogen and oxygen atoms in total. The highest BCUT2D eigenvalue weighted by atomic mass is 16.6. The van der Waals surface area contributed by atoms with Crippen LogP contribution in [0, 0.1) is 0 Å². The molecule has 0 bridgehead atoms. The van der Waals surface area contributed by atoms with Crippen molar-refractivity contribution in [3.05, 3.63) is 24.3 Å². The Bertz CT molecular complexity index is 344. The molecule has 1 heterocycles. The fourth-order valence-electron chi connectivity index (χ4n) is 1.03. The number of epoxide rings is 1. The van der Waals surface area contributed by atoms with Crippen molar-refractivity contribution < 1.29 is 19.0 Å². The number of carbonyl (C=O) groups excluding carboxylic acids is 1. The van der Waals surface area contributed by atoms with Crippen LogP contribution in [-0.4, -0.2) is 25.8 Å². The number of esters is 1. The average Bonchev–Trinajstić information content (AvgIpc) is 3.01.